The van der Waals surface area contributed by atoms with Gasteiger partial charge in [-0.1, -0.05) is 6.92 Å². The summed E-state index contributed by atoms with van der Waals surface area (Å²) in [6, 6.07) is -2.59. The number of piperidine rings is 1. The molecule has 0 amide bonds. The summed E-state index contributed by atoms with van der Waals surface area (Å²) in [6.07, 6.45) is -4.57. The fraction of sp³-hybridized carbons (Fsp3) is 0.867. The number of rotatable bonds is 6. The third-order valence-corrected chi connectivity index (χ3v) is 4.46. The van der Waals surface area contributed by atoms with Crippen molar-refractivity contribution in [3.63, 3.8) is 0 Å². The number of carbonyl (C=O) groups excluding carboxylic acids is 2. The summed E-state index contributed by atoms with van der Waals surface area (Å²) in [7, 11) is 5.13. The molecule has 5 nitrogen and oxygen atoms in total. The first kappa shape index (κ1) is 20.1. The van der Waals surface area contributed by atoms with Crippen LogP contribution in [0.1, 0.15) is 13.8 Å². The largest absolute Gasteiger partial charge is 0.404 e. The van der Waals surface area contributed by atoms with Gasteiger partial charge in [-0.2, -0.15) is 13.2 Å². The molecule has 0 N–H and O–H groups in total. The van der Waals surface area contributed by atoms with Gasteiger partial charge in [0.25, 0.3) is 0 Å². The van der Waals surface area contributed by atoms with Gasteiger partial charge < -0.3 is 4.90 Å². The molecule has 1 saturated heterocycles. The SMILES string of the molecule is CCN(CCN(C)C)C(C1CN(C)C(C)C(=O)C1=O)C(F)(F)F. The van der Waals surface area contributed by atoms with Gasteiger partial charge in [-0.15, -0.1) is 0 Å². The molecule has 0 saturated carbocycles. The molecule has 0 spiro atoms. The van der Waals surface area contributed by atoms with E-state index in [9.17, 15) is 22.8 Å². The van der Waals surface area contributed by atoms with Gasteiger partial charge in [0.05, 0.1) is 12.0 Å². The molecule has 134 valence electrons. The fourth-order valence-corrected chi connectivity index (χ4v) is 2.90. The maximum atomic E-state index is 13.7. The molecular formula is C15H26F3N3O2. The molecule has 0 aliphatic carbocycles. The number of hydrogen-bond acceptors (Lipinski definition) is 5. The predicted molar refractivity (Wildman–Crippen MR) is 81.2 cm³/mol. The predicted octanol–water partition coefficient (Wildman–Crippen LogP) is 0.889. The number of carbonyl (C=O) groups is 2. The van der Waals surface area contributed by atoms with E-state index < -0.39 is 35.7 Å². The van der Waals surface area contributed by atoms with Crippen molar-refractivity contribution in [2.75, 3.05) is 47.3 Å². The van der Waals surface area contributed by atoms with E-state index in [1.165, 1.54) is 9.80 Å². The Kier molecular flexibility index (Phi) is 6.73. The number of alkyl halides is 3. The highest BCUT2D eigenvalue weighted by molar-refractivity contribution is 6.40. The zero-order chi connectivity index (χ0) is 17.9. The maximum Gasteiger partial charge on any atom is 0.404 e. The van der Waals surface area contributed by atoms with Gasteiger partial charge in [0.2, 0.25) is 11.6 Å². The summed E-state index contributed by atoms with van der Waals surface area (Å²) in [5, 5.41) is 0. The number of halogens is 3. The summed E-state index contributed by atoms with van der Waals surface area (Å²) in [4.78, 5) is 28.7. The van der Waals surface area contributed by atoms with Gasteiger partial charge in [0.15, 0.2) is 0 Å². The van der Waals surface area contributed by atoms with E-state index in [0.717, 1.165) is 0 Å². The van der Waals surface area contributed by atoms with Crippen molar-refractivity contribution in [2.24, 2.45) is 5.92 Å². The molecule has 0 bridgehead atoms. The minimum Gasteiger partial charge on any atom is -0.308 e. The summed E-state index contributed by atoms with van der Waals surface area (Å²) < 4.78 is 41.0. The Labute approximate surface area is 135 Å². The highest BCUT2D eigenvalue weighted by atomic mass is 19.4. The van der Waals surface area contributed by atoms with E-state index in [-0.39, 0.29) is 19.6 Å². The molecule has 23 heavy (non-hydrogen) atoms. The van der Waals surface area contributed by atoms with Gasteiger partial charge in [0, 0.05) is 19.6 Å². The number of ketones is 2. The number of likely N-dealkylation sites (tertiary alicyclic amines) is 1. The van der Waals surface area contributed by atoms with Crippen LogP contribution in [0, 0.1) is 5.92 Å². The van der Waals surface area contributed by atoms with E-state index in [2.05, 4.69) is 0 Å². The molecule has 1 rings (SSSR count). The van der Waals surface area contributed by atoms with Crippen molar-refractivity contribution in [1.82, 2.24) is 14.7 Å². The first-order valence-corrected chi connectivity index (χ1v) is 7.74. The molecule has 3 atom stereocenters. The van der Waals surface area contributed by atoms with Crippen LogP contribution < -0.4 is 0 Å². The minimum absolute atomic E-state index is 0.0611. The molecule has 3 unspecified atom stereocenters. The fourth-order valence-electron chi connectivity index (χ4n) is 2.90. The Balaban J connectivity index is 3.10. The molecule has 1 heterocycles. The molecular weight excluding hydrogens is 311 g/mol. The Bertz CT molecular complexity index is 440. The van der Waals surface area contributed by atoms with E-state index in [0.29, 0.717) is 6.54 Å². The smallest absolute Gasteiger partial charge is 0.308 e. The van der Waals surface area contributed by atoms with E-state index in [1.54, 1.807) is 39.9 Å². The Morgan fingerprint density at radius 1 is 1.22 bits per heavy atom. The molecule has 0 aromatic heterocycles. The van der Waals surface area contributed by atoms with Crippen molar-refractivity contribution in [3.8, 4) is 0 Å². The molecule has 0 aromatic rings. The lowest BCUT2D eigenvalue weighted by Gasteiger charge is -2.42. The lowest BCUT2D eigenvalue weighted by molar-refractivity contribution is -0.202. The van der Waals surface area contributed by atoms with Crippen molar-refractivity contribution in [1.29, 1.82) is 0 Å². The highest BCUT2D eigenvalue weighted by Crippen LogP contribution is 2.33. The van der Waals surface area contributed by atoms with Crippen LogP contribution in [-0.4, -0.2) is 91.8 Å². The third kappa shape index (κ3) is 4.74. The topological polar surface area (TPSA) is 43.9 Å². The first-order valence-electron chi connectivity index (χ1n) is 7.74. The van der Waals surface area contributed by atoms with Gasteiger partial charge in [-0.3, -0.25) is 19.4 Å². The third-order valence-electron chi connectivity index (χ3n) is 4.46. The van der Waals surface area contributed by atoms with Gasteiger partial charge >= 0.3 is 6.18 Å². The molecule has 1 fully saturated rings. The maximum absolute atomic E-state index is 13.7. The van der Waals surface area contributed by atoms with Crippen molar-refractivity contribution in [3.05, 3.63) is 0 Å². The minimum atomic E-state index is -4.57. The summed E-state index contributed by atoms with van der Waals surface area (Å²) >= 11 is 0. The zero-order valence-corrected chi connectivity index (χ0v) is 14.4. The Morgan fingerprint density at radius 3 is 2.22 bits per heavy atom. The lowest BCUT2D eigenvalue weighted by Crippen LogP contribution is -2.62. The van der Waals surface area contributed by atoms with Crippen LogP contribution in [0.4, 0.5) is 13.2 Å². The second kappa shape index (κ2) is 7.72. The molecule has 8 heteroatoms. The zero-order valence-electron chi connectivity index (χ0n) is 14.4. The van der Waals surface area contributed by atoms with Crippen LogP contribution >= 0.6 is 0 Å². The highest BCUT2D eigenvalue weighted by Gasteiger charge is 2.53. The second-order valence-corrected chi connectivity index (χ2v) is 6.37. The van der Waals surface area contributed by atoms with Crippen LogP contribution in [0.25, 0.3) is 0 Å². The quantitative estimate of drug-likeness (QED) is 0.674. The Morgan fingerprint density at radius 2 is 1.78 bits per heavy atom. The number of nitrogens with zero attached hydrogens (tertiary/aromatic N) is 3. The van der Waals surface area contributed by atoms with E-state index >= 15 is 0 Å². The summed E-state index contributed by atoms with van der Waals surface area (Å²) in [5.74, 6) is -3.01. The second-order valence-electron chi connectivity index (χ2n) is 6.37. The number of Topliss-reactive ketones (excluding diaryl/α,β-unsaturated/α-hetero) is 2. The summed E-state index contributed by atoms with van der Waals surface area (Å²) in [6.45, 7) is 3.91. The first-order chi connectivity index (χ1) is 10.5. The van der Waals surface area contributed by atoms with Gasteiger partial charge in [0.1, 0.15) is 6.04 Å². The molecule has 0 aromatic carbocycles. The van der Waals surface area contributed by atoms with Crippen LogP contribution in [0.15, 0.2) is 0 Å². The normalized spacial score (nSPS) is 25.5. The number of hydrogen-bond donors (Lipinski definition) is 0. The average Bonchev–Trinajstić information content (AvgIpc) is 2.44. The lowest BCUT2D eigenvalue weighted by atomic mass is 9.84. The Hall–Kier alpha value is -0.990. The van der Waals surface area contributed by atoms with Crippen LogP contribution in [0.3, 0.4) is 0 Å². The van der Waals surface area contributed by atoms with Crippen molar-refractivity contribution >= 4 is 11.6 Å². The number of likely N-dealkylation sites (N-methyl/N-ethyl adjacent to an activating group) is 3. The van der Waals surface area contributed by atoms with Crippen molar-refractivity contribution in [2.45, 2.75) is 32.1 Å². The molecule has 1 aliphatic rings. The van der Waals surface area contributed by atoms with Gasteiger partial charge in [-0.05, 0) is 34.6 Å². The van der Waals surface area contributed by atoms with Crippen LogP contribution in [0.5, 0.6) is 0 Å². The van der Waals surface area contributed by atoms with Gasteiger partial charge in [-0.25, -0.2) is 0 Å². The van der Waals surface area contributed by atoms with Crippen molar-refractivity contribution < 1.29 is 22.8 Å². The van der Waals surface area contributed by atoms with Crippen LogP contribution in [-0.2, 0) is 9.59 Å². The standard InChI is InChI=1S/C15H26F3N3O2/c1-6-21(8-7-19(3)4)14(15(16,17)18)11-9-20(5)10(2)12(22)13(11)23/h10-11,14H,6-9H2,1-5H3. The average molecular weight is 337 g/mol. The molecule has 0 radical (unpaired) electrons. The van der Waals surface area contributed by atoms with E-state index in [4.69, 9.17) is 0 Å². The molecule has 1 aliphatic heterocycles. The van der Waals surface area contributed by atoms with E-state index in [1.807, 2.05) is 0 Å². The van der Waals surface area contributed by atoms with Crippen LogP contribution in [0.2, 0.25) is 0 Å². The summed E-state index contributed by atoms with van der Waals surface area (Å²) in [5.41, 5.74) is 0. The monoisotopic (exact) mass is 337 g/mol.